The number of aromatic nitrogens is 2. The molecule has 0 fully saturated rings. The Balaban J connectivity index is 1.84. The molecule has 0 spiro atoms. The normalized spacial score (nSPS) is 10.9. The number of carbonyl (C=O) groups is 1. The van der Waals surface area contributed by atoms with E-state index in [1.165, 1.54) is 0 Å². The topological polar surface area (TPSA) is 68.0 Å². The molecular weight excluding hydrogens is 266 g/mol. The van der Waals surface area contributed by atoms with Crippen molar-refractivity contribution < 1.29 is 9.32 Å². The fourth-order valence-electron chi connectivity index (χ4n) is 2.02. The predicted molar refractivity (Wildman–Crippen MR) is 79.6 cm³/mol. The van der Waals surface area contributed by atoms with Crippen LogP contribution in [0.4, 0.5) is 0 Å². The number of aryl methyl sites for hydroxylation is 1. The van der Waals surface area contributed by atoms with Gasteiger partial charge in [0.05, 0.1) is 13.0 Å². The third kappa shape index (κ3) is 4.70. The van der Waals surface area contributed by atoms with Gasteiger partial charge in [0.25, 0.3) is 0 Å². The summed E-state index contributed by atoms with van der Waals surface area (Å²) in [5, 5.41) is 6.68. The van der Waals surface area contributed by atoms with Gasteiger partial charge in [-0.3, -0.25) is 4.79 Å². The van der Waals surface area contributed by atoms with Gasteiger partial charge in [-0.05, 0) is 24.0 Å². The smallest absolute Gasteiger partial charge is 0.226 e. The van der Waals surface area contributed by atoms with Crippen LogP contribution in [0.25, 0.3) is 0 Å². The van der Waals surface area contributed by atoms with Crippen molar-refractivity contribution in [3.8, 4) is 0 Å². The molecule has 1 aromatic heterocycles. The van der Waals surface area contributed by atoms with Gasteiger partial charge in [-0.1, -0.05) is 43.3 Å². The number of hydrogen-bond donors (Lipinski definition) is 1. The van der Waals surface area contributed by atoms with Crippen LogP contribution >= 0.6 is 0 Å². The molecule has 1 aromatic carbocycles. The predicted octanol–water partition coefficient (Wildman–Crippen LogP) is 2.44. The van der Waals surface area contributed by atoms with E-state index in [2.05, 4.69) is 29.3 Å². The molecule has 1 N–H and O–H groups in total. The van der Waals surface area contributed by atoms with E-state index in [9.17, 15) is 4.79 Å². The molecule has 1 heterocycles. The minimum atomic E-state index is -0.0421. The monoisotopic (exact) mass is 287 g/mol. The average Bonchev–Trinajstić information content (AvgIpc) is 2.86. The molecule has 2 rings (SSSR count). The van der Waals surface area contributed by atoms with E-state index in [-0.39, 0.29) is 5.91 Å². The highest BCUT2D eigenvalue weighted by molar-refractivity contribution is 5.78. The lowest BCUT2D eigenvalue weighted by Gasteiger charge is -2.05. The third-order valence-corrected chi connectivity index (χ3v) is 3.15. The zero-order valence-electron chi connectivity index (χ0n) is 12.7. The maximum absolute atomic E-state index is 11.9. The maximum Gasteiger partial charge on any atom is 0.226 e. The van der Waals surface area contributed by atoms with Crippen molar-refractivity contribution >= 4 is 5.91 Å². The van der Waals surface area contributed by atoms with E-state index in [1.807, 2.05) is 31.2 Å². The quantitative estimate of drug-likeness (QED) is 0.886. The van der Waals surface area contributed by atoms with Gasteiger partial charge in [0, 0.05) is 6.42 Å². The van der Waals surface area contributed by atoms with Gasteiger partial charge in [-0.15, -0.1) is 0 Å². The Morgan fingerprint density at radius 1 is 1.33 bits per heavy atom. The van der Waals surface area contributed by atoms with Crippen LogP contribution in [0.3, 0.4) is 0 Å². The summed E-state index contributed by atoms with van der Waals surface area (Å²) in [6, 6.07) is 7.86. The number of benzene rings is 1. The van der Waals surface area contributed by atoms with Gasteiger partial charge in [0.2, 0.25) is 11.8 Å². The summed E-state index contributed by atoms with van der Waals surface area (Å²) < 4.78 is 5.13. The number of nitrogens with zero attached hydrogens (tertiary/aromatic N) is 2. The highest BCUT2D eigenvalue weighted by atomic mass is 16.5. The van der Waals surface area contributed by atoms with Crippen molar-refractivity contribution in [2.45, 2.75) is 40.2 Å². The molecule has 0 aliphatic heterocycles. The first-order valence-electron chi connectivity index (χ1n) is 7.17. The van der Waals surface area contributed by atoms with E-state index in [4.69, 9.17) is 4.52 Å². The molecule has 5 heteroatoms. The molecule has 2 aromatic rings. The van der Waals surface area contributed by atoms with E-state index in [0.29, 0.717) is 30.6 Å². The minimum Gasteiger partial charge on any atom is -0.348 e. The van der Waals surface area contributed by atoms with Gasteiger partial charge in [0.1, 0.15) is 0 Å². The van der Waals surface area contributed by atoms with E-state index >= 15 is 0 Å². The molecule has 5 nitrogen and oxygen atoms in total. The molecule has 0 bridgehead atoms. The van der Waals surface area contributed by atoms with Gasteiger partial charge in [0.15, 0.2) is 5.82 Å². The Morgan fingerprint density at radius 3 is 2.81 bits per heavy atom. The number of rotatable bonds is 6. The first kappa shape index (κ1) is 15.2. The standard InChI is InChI=1S/C16H21N3O2/c1-11(2)8-16-18-14(19-21-16)10-17-15(20)9-13-7-5-4-6-12(13)3/h4-7,11H,8-10H2,1-3H3,(H,17,20). The summed E-state index contributed by atoms with van der Waals surface area (Å²) in [4.78, 5) is 16.2. The fraction of sp³-hybridized carbons (Fsp3) is 0.438. The molecular formula is C16H21N3O2. The molecule has 0 aliphatic carbocycles. The summed E-state index contributed by atoms with van der Waals surface area (Å²) in [6.07, 6.45) is 1.12. The van der Waals surface area contributed by atoms with Crippen LogP contribution in [0.15, 0.2) is 28.8 Å². The van der Waals surface area contributed by atoms with Crippen LogP contribution in [0, 0.1) is 12.8 Å². The molecule has 0 saturated heterocycles. The van der Waals surface area contributed by atoms with Crippen molar-refractivity contribution in [3.63, 3.8) is 0 Å². The molecule has 1 amide bonds. The minimum absolute atomic E-state index is 0.0421. The number of hydrogen-bond acceptors (Lipinski definition) is 4. The fourth-order valence-corrected chi connectivity index (χ4v) is 2.02. The Morgan fingerprint density at radius 2 is 2.10 bits per heavy atom. The lowest BCUT2D eigenvalue weighted by atomic mass is 10.1. The summed E-state index contributed by atoms with van der Waals surface area (Å²) in [6.45, 7) is 6.48. The first-order valence-corrected chi connectivity index (χ1v) is 7.17. The van der Waals surface area contributed by atoms with Crippen molar-refractivity contribution in [1.29, 1.82) is 0 Å². The van der Waals surface area contributed by atoms with Gasteiger partial charge >= 0.3 is 0 Å². The molecule has 0 atom stereocenters. The van der Waals surface area contributed by atoms with Crippen LogP contribution in [0.5, 0.6) is 0 Å². The van der Waals surface area contributed by atoms with Crippen LogP contribution in [-0.4, -0.2) is 16.0 Å². The highest BCUT2D eigenvalue weighted by Crippen LogP contribution is 2.08. The second kappa shape index (κ2) is 7.02. The average molecular weight is 287 g/mol. The zero-order valence-corrected chi connectivity index (χ0v) is 12.7. The van der Waals surface area contributed by atoms with E-state index in [0.717, 1.165) is 17.5 Å². The zero-order chi connectivity index (χ0) is 15.2. The van der Waals surface area contributed by atoms with E-state index in [1.54, 1.807) is 0 Å². The largest absolute Gasteiger partial charge is 0.348 e. The molecule has 0 saturated carbocycles. The summed E-state index contributed by atoms with van der Waals surface area (Å²) in [7, 11) is 0. The van der Waals surface area contributed by atoms with Gasteiger partial charge < -0.3 is 9.84 Å². The summed E-state index contributed by atoms with van der Waals surface area (Å²) >= 11 is 0. The molecule has 0 aliphatic rings. The van der Waals surface area contributed by atoms with Crippen LogP contribution in [-0.2, 0) is 24.2 Å². The Kier molecular flexibility index (Phi) is 5.09. The van der Waals surface area contributed by atoms with Crippen molar-refractivity contribution in [3.05, 3.63) is 47.1 Å². The SMILES string of the molecule is Cc1ccccc1CC(=O)NCc1noc(CC(C)C)n1. The highest BCUT2D eigenvalue weighted by Gasteiger charge is 2.10. The van der Waals surface area contributed by atoms with Crippen LogP contribution in [0.2, 0.25) is 0 Å². The lowest BCUT2D eigenvalue weighted by molar-refractivity contribution is -0.120. The summed E-state index contributed by atoms with van der Waals surface area (Å²) in [5.41, 5.74) is 2.15. The van der Waals surface area contributed by atoms with Gasteiger partial charge in [-0.25, -0.2) is 0 Å². The Labute approximate surface area is 124 Å². The van der Waals surface area contributed by atoms with Crippen LogP contribution < -0.4 is 5.32 Å². The van der Waals surface area contributed by atoms with Crippen molar-refractivity contribution in [1.82, 2.24) is 15.5 Å². The first-order chi connectivity index (χ1) is 10.0. The third-order valence-electron chi connectivity index (χ3n) is 3.15. The Hall–Kier alpha value is -2.17. The van der Waals surface area contributed by atoms with Crippen LogP contribution in [0.1, 0.15) is 36.7 Å². The number of carbonyl (C=O) groups excluding carboxylic acids is 1. The van der Waals surface area contributed by atoms with Gasteiger partial charge in [-0.2, -0.15) is 4.98 Å². The maximum atomic E-state index is 11.9. The molecule has 112 valence electrons. The van der Waals surface area contributed by atoms with E-state index < -0.39 is 0 Å². The Bertz CT molecular complexity index is 605. The van der Waals surface area contributed by atoms with Crippen molar-refractivity contribution in [2.75, 3.05) is 0 Å². The second-order valence-electron chi connectivity index (χ2n) is 5.58. The molecule has 0 radical (unpaired) electrons. The number of amides is 1. The number of nitrogens with one attached hydrogen (secondary N) is 1. The molecule has 21 heavy (non-hydrogen) atoms. The second-order valence-corrected chi connectivity index (χ2v) is 5.58. The lowest BCUT2D eigenvalue weighted by Crippen LogP contribution is -2.25. The summed E-state index contributed by atoms with van der Waals surface area (Å²) in [5.74, 6) is 1.56. The molecule has 0 unspecified atom stereocenters. The van der Waals surface area contributed by atoms with Crippen molar-refractivity contribution in [2.24, 2.45) is 5.92 Å².